The third-order valence-electron chi connectivity index (χ3n) is 3.91. The van der Waals surface area contributed by atoms with Gasteiger partial charge in [-0.05, 0) is 32.9 Å². The highest BCUT2D eigenvalue weighted by atomic mass is 32.2. The van der Waals surface area contributed by atoms with Crippen molar-refractivity contribution in [2.24, 2.45) is 0 Å². The van der Waals surface area contributed by atoms with E-state index in [1.165, 1.54) is 12.5 Å². The molecule has 0 aromatic heterocycles. The number of ether oxygens (including phenoxy) is 4. The van der Waals surface area contributed by atoms with Crippen molar-refractivity contribution in [2.75, 3.05) is 13.2 Å². The molecule has 0 radical (unpaired) electrons. The second-order valence-electron chi connectivity index (χ2n) is 6.50. The van der Waals surface area contributed by atoms with Gasteiger partial charge in [0.2, 0.25) is 0 Å². The molecule has 0 aliphatic carbocycles. The van der Waals surface area contributed by atoms with E-state index in [0.717, 1.165) is 4.90 Å². The zero-order valence-corrected chi connectivity index (χ0v) is 14.6. The van der Waals surface area contributed by atoms with E-state index in [4.69, 9.17) is 18.9 Å². The molecule has 2 aliphatic rings. The average Bonchev–Trinajstić information content (AvgIpc) is 2.91. The molecule has 0 bridgehead atoms. The topological polar surface area (TPSA) is 54.0 Å². The molecule has 2 aliphatic heterocycles. The highest BCUT2D eigenvalue weighted by Gasteiger charge is 2.62. The van der Waals surface area contributed by atoms with Crippen molar-refractivity contribution in [1.82, 2.24) is 0 Å². The van der Waals surface area contributed by atoms with Gasteiger partial charge in [-0.1, -0.05) is 29.5 Å². The molecule has 2 heterocycles. The molecule has 3 rings (SSSR count). The molecule has 0 amide bonds. The second kappa shape index (κ2) is 6.09. The van der Waals surface area contributed by atoms with Gasteiger partial charge in [0, 0.05) is 11.8 Å². The van der Waals surface area contributed by atoms with Gasteiger partial charge in [0.05, 0.1) is 6.61 Å². The number of carbonyl (C=O) groups excluding carboxylic acids is 1. The Bertz CT molecular complexity index is 585. The quantitative estimate of drug-likeness (QED) is 0.787. The number of carbonyl (C=O) groups is 1. The van der Waals surface area contributed by atoms with Crippen molar-refractivity contribution in [3.63, 3.8) is 0 Å². The fourth-order valence-corrected chi connectivity index (χ4v) is 4.06. The minimum atomic E-state index is -0.739. The first kappa shape index (κ1) is 16.8. The zero-order valence-electron chi connectivity index (χ0n) is 13.8. The van der Waals surface area contributed by atoms with E-state index < -0.39 is 11.4 Å². The first-order valence-electron chi connectivity index (χ1n) is 7.66. The van der Waals surface area contributed by atoms with Crippen molar-refractivity contribution in [3.8, 4) is 0 Å². The number of benzene rings is 1. The first-order chi connectivity index (χ1) is 10.8. The monoisotopic (exact) mass is 338 g/mol. The van der Waals surface area contributed by atoms with Crippen molar-refractivity contribution >= 4 is 17.7 Å². The molecule has 126 valence electrons. The van der Waals surface area contributed by atoms with Crippen LogP contribution in [0.25, 0.3) is 0 Å². The van der Waals surface area contributed by atoms with Gasteiger partial charge in [-0.15, -0.1) is 0 Å². The van der Waals surface area contributed by atoms with E-state index in [0.29, 0.717) is 6.61 Å². The Balaban J connectivity index is 1.76. The van der Waals surface area contributed by atoms with Gasteiger partial charge in [-0.2, -0.15) is 0 Å². The van der Waals surface area contributed by atoms with Crippen molar-refractivity contribution in [1.29, 1.82) is 0 Å². The molecule has 2 fully saturated rings. The Hall–Kier alpha value is -1.08. The van der Waals surface area contributed by atoms with E-state index in [-0.39, 0.29) is 24.1 Å². The largest absolute Gasteiger partial charge is 0.463 e. The van der Waals surface area contributed by atoms with Crippen molar-refractivity contribution < 1.29 is 23.7 Å². The van der Waals surface area contributed by atoms with Gasteiger partial charge in [0.15, 0.2) is 11.4 Å². The maximum atomic E-state index is 11.2. The fraction of sp³-hybridized carbons (Fsp3) is 0.588. The van der Waals surface area contributed by atoms with E-state index in [1.807, 2.05) is 13.8 Å². The maximum Gasteiger partial charge on any atom is 0.302 e. The lowest BCUT2D eigenvalue weighted by Gasteiger charge is -2.26. The van der Waals surface area contributed by atoms with Gasteiger partial charge < -0.3 is 18.9 Å². The van der Waals surface area contributed by atoms with Crippen LogP contribution < -0.4 is 0 Å². The Morgan fingerprint density at radius 1 is 1.35 bits per heavy atom. The molecular weight excluding hydrogens is 316 g/mol. The number of esters is 1. The summed E-state index contributed by atoms with van der Waals surface area (Å²) in [5.41, 5.74) is 0.278. The third kappa shape index (κ3) is 3.55. The number of hydrogen-bond acceptors (Lipinski definition) is 6. The Labute approximate surface area is 140 Å². The molecule has 1 aromatic rings. The number of thioether (sulfide) groups is 1. The minimum Gasteiger partial charge on any atom is -0.463 e. The van der Waals surface area contributed by atoms with E-state index in [2.05, 4.69) is 31.2 Å². The molecular formula is C17H22O5S. The summed E-state index contributed by atoms with van der Waals surface area (Å²) in [7, 11) is 0. The van der Waals surface area contributed by atoms with Crippen molar-refractivity contribution in [2.45, 2.75) is 55.5 Å². The van der Waals surface area contributed by atoms with E-state index in [9.17, 15) is 4.79 Å². The molecule has 5 nitrogen and oxygen atoms in total. The smallest absolute Gasteiger partial charge is 0.302 e. The molecule has 0 spiro atoms. The first-order valence-corrected chi connectivity index (χ1v) is 8.54. The minimum absolute atomic E-state index is 0.140. The van der Waals surface area contributed by atoms with Crippen LogP contribution in [0.5, 0.6) is 0 Å². The summed E-state index contributed by atoms with van der Waals surface area (Å²) in [6.45, 7) is 7.67. The summed E-state index contributed by atoms with van der Waals surface area (Å²) >= 11 is 1.60. The van der Waals surface area contributed by atoms with Gasteiger partial charge in [0.25, 0.3) is 0 Å². The number of fused-ring (bicyclic) bond motifs is 1. The van der Waals surface area contributed by atoms with Gasteiger partial charge >= 0.3 is 5.97 Å². The van der Waals surface area contributed by atoms with E-state index in [1.54, 1.807) is 11.8 Å². The summed E-state index contributed by atoms with van der Waals surface area (Å²) in [6, 6.07) is 8.27. The predicted molar refractivity (Wildman–Crippen MR) is 86.2 cm³/mol. The summed E-state index contributed by atoms with van der Waals surface area (Å²) in [5, 5.41) is 0. The predicted octanol–water partition coefficient (Wildman–Crippen LogP) is 2.90. The van der Waals surface area contributed by atoms with Crippen LogP contribution in [0.15, 0.2) is 29.2 Å². The third-order valence-corrected chi connectivity index (χ3v) is 5.07. The normalized spacial score (nSPS) is 31.8. The van der Waals surface area contributed by atoms with Crippen LogP contribution in [0.3, 0.4) is 0 Å². The molecule has 1 aromatic carbocycles. The SMILES string of the molecule is CC(=O)OC[C@@]12CO[C@H](Sc3ccc(C)cc3)[C@@H]1OC(C)(C)O2. The highest BCUT2D eigenvalue weighted by molar-refractivity contribution is 7.99. The second-order valence-corrected chi connectivity index (χ2v) is 7.67. The summed E-state index contributed by atoms with van der Waals surface area (Å²) in [4.78, 5) is 12.3. The van der Waals surface area contributed by atoms with Crippen LogP contribution in [-0.2, 0) is 23.7 Å². The summed E-state index contributed by atoms with van der Waals surface area (Å²) < 4.78 is 23.2. The zero-order chi connectivity index (χ0) is 16.7. The van der Waals surface area contributed by atoms with Gasteiger partial charge in [-0.3, -0.25) is 4.79 Å². The Morgan fingerprint density at radius 3 is 2.70 bits per heavy atom. The molecule has 6 heteroatoms. The molecule has 23 heavy (non-hydrogen) atoms. The summed E-state index contributed by atoms with van der Waals surface area (Å²) in [6.07, 6.45) is -0.289. The lowest BCUT2D eigenvalue weighted by atomic mass is 10.0. The lowest BCUT2D eigenvalue weighted by Crippen LogP contribution is -2.45. The van der Waals surface area contributed by atoms with Crippen LogP contribution in [0.2, 0.25) is 0 Å². The fourth-order valence-electron chi connectivity index (χ4n) is 2.93. The molecule has 0 N–H and O–H groups in total. The average molecular weight is 338 g/mol. The van der Waals surface area contributed by atoms with Crippen LogP contribution in [-0.4, -0.2) is 42.1 Å². The van der Waals surface area contributed by atoms with Crippen LogP contribution in [0.4, 0.5) is 0 Å². The van der Waals surface area contributed by atoms with Crippen molar-refractivity contribution in [3.05, 3.63) is 29.8 Å². The van der Waals surface area contributed by atoms with Crippen LogP contribution >= 0.6 is 11.8 Å². The molecule has 0 saturated carbocycles. The highest BCUT2D eigenvalue weighted by Crippen LogP contribution is 2.47. The van der Waals surface area contributed by atoms with Gasteiger partial charge in [-0.25, -0.2) is 0 Å². The number of hydrogen-bond donors (Lipinski definition) is 0. The van der Waals surface area contributed by atoms with Crippen LogP contribution in [0.1, 0.15) is 26.3 Å². The Kier molecular flexibility index (Phi) is 4.44. The number of rotatable bonds is 4. The molecule has 0 unspecified atom stereocenters. The standard InChI is InChI=1S/C17H22O5S/c1-11-5-7-13(8-6-11)23-15-14-17(10-20-15,9-19-12(2)18)22-16(3,4)21-14/h5-8,14-15H,9-10H2,1-4H3/t14-,15+,17+/m0/s1. The van der Waals surface area contributed by atoms with Crippen LogP contribution in [0, 0.1) is 6.92 Å². The maximum absolute atomic E-state index is 11.2. The van der Waals surface area contributed by atoms with E-state index >= 15 is 0 Å². The molecule has 2 saturated heterocycles. The molecule has 3 atom stereocenters. The van der Waals surface area contributed by atoms with Gasteiger partial charge in [0.1, 0.15) is 18.1 Å². The lowest BCUT2D eigenvalue weighted by molar-refractivity contribution is -0.194. The number of aryl methyl sites for hydroxylation is 1. The summed E-state index contributed by atoms with van der Waals surface area (Å²) in [5.74, 6) is -1.05. The Morgan fingerprint density at radius 2 is 2.04 bits per heavy atom.